The molecule has 0 radical (unpaired) electrons. The van der Waals surface area contributed by atoms with Crippen LogP contribution in [0, 0.1) is 0 Å². The van der Waals surface area contributed by atoms with E-state index in [1.807, 2.05) is 0 Å². The molecule has 1 saturated heterocycles. The monoisotopic (exact) mass is 245 g/mol. The topological polar surface area (TPSA) is 63.7 Å². The van der Waals surface area contributed by atoms with Crippen molar-refractivity contribution in [3.05, 3.63) is 29.8 Å². The molecule has 5 heteroatoms. The second-order valence-corrected chi connectivity index (χ2v) is 4.43. The van der Waals surface area contributed by atoms with Crippen LogP contribution in [0.3, 0.4) is 0 Å². The molecule has 0 N–H and O–H groups in total. The number of hydrogen-bond donors (Lipinski definition) is 0. The van der Waals surface area contributed by atoms with Crippen LogP contribution < -0.4 is 4.90 Å². The van der Waals surface area contributed by atoms with E-state index in [4.69, 9.17) is 4.74 Å². The second-order valence-electron chi connectivity index (χ2n) is 4.43. The summed E-state index contributed by atoms with van der Waals surface area (Å²) in [6.45, 7) is 0. The molecule has 0 saturated carbocycles. The molecular formula is C13H11NO4. The van der Waals surface area contributed by atoms with Crippen LogP contribution >= 0.6 is 0 Å². The normalized spacial score (nSPS) is 25.1. The maximum atomic E-state index is 12.5. The lowest BCUT2D eigenvalue weighted by Crippen LogP contribution is -2.54. The number of carbonyl (C=O) groups is 3. The van der Waals surface area contributed by atoms with Gasteiger partial charge in [-0.15, -0.1) is 0 Å². The predicted octanol–water partition coefficient (Wildman–Crippen LogP) is 0.921. The molecule has 2 aliphatic heterocycles. The summed E-state index contributed by atoms with van der Waals surface area (Å²) in [5, 5.41) is 0. The largest absolute Gasteiger partial charge is 0.467 e. The van der Waals surface area contributed by atoms with Gasteiger partial charge in [0.1, 0.15) is 0 Å². The summed E-state index contributed by atoms with van der Waals surface area (Å²) in [4.78, 5) is 37.7. The zero-order valence-corrected chi connectivity index (χ0v) is 9.80. The fraction of sp³-hybridized carbons (Fsp3) is 0.308. The molecule has 1 atom stereocenters. The van der Waals surface area contributed by atoms with Gasteiger partial charge in [-0.25, -0.2) is 4.79 Å². The molecule has 0 bridgehead atoms. The molecular weight excluding hydrogens is 234 g/mol. The van der Waals surface area contributed by atoms with Crippen LogP contribution in [-0.4, -0.2) is 30.3 Å². The van der Waals surface area contributed by atoms with Crippen molar-refractivity contribution in [3.8, 4) is 0 Å². The first-order chi connectivity index (χ1) is 8.63. The van der Waals surface area contributed by atoms with Crippen molar-refractivity contribution < 1.29 is 19.1 Å². The Kier molecular flexibility index (Phi) is 2.08. The maximum absolute atomic E-state index is 12.5. The second kappa shape index (κ2) is 3.41. The number of anilines is 1. The minimum Gasteiger partial charge on any atom is -0.467 e. The molecule has 1 amide bonds. The molecule has 0 aromatic heterocycles. The summed E-state index contributed by atoms with van der Waals surface area (Å²) in [5.74, 6) is -1.20. The highest BCUT2D eigenvalue weighted by atomic mass is 16.5. The van der Waals surface area contributed by atoms with Gasteiger partial charge in [0.25, 0.3) is 0 Å². The van der Waals surface area contributed by atoms with E-state index in [1.165, 1.54) is 12.0 Å². The Balaban J connectivity index is 2.25. The van der Waals surface area contributed by atoms with Gasteiger partial charge in [-0.05, 0) is 18.6 Å². The molecule has 1 aromatic rings. The van der Waals surface area contributed by atoms with Gasteiger partial charge in [0.15, 0.2) is 0 Å². The van der Waals surface area contributed by atoms with Gasteiger partial charge in [-0.2, -0.15) is 0 Å². The highest BCUT2D eigenvalue weighted by Gasteiger charge is 2.63. The minimum atomic E-state index is -1.46. The Labute approximate surface area is 103 Å². The van der Waals surface area contributed by atoms with Crippen LogP contribution in [0.1, 0.15) is 23.2 Å². The molecule has 1 fully saturated rings. The average molecular weight is 245 g/mol. The lowest BCUT2D eigenvalue weighted by molar-refractivity contribution is -0.145. The van der Waals surface area contributed by atoms with E-state index in [2.05, 4.69) is 0 Å². The Morgan fingerprint density at radius 3 is 2.78 bits per heavy atom. The summed E-state index contributed by atoms with van der Waals surface area (Å²) >= 11 is 0. The van der Waals surface area contributed by atoms with Crippen molar-refractivity contribution in [3.63, 3.8) is 0 Å². The highest BCUT2D eigenvalue weighted by Crippen LogP contribution is 2.46. The average Bonchev–Trinajstić information content (AvgIpc) is 2.87. The van der Waals surface area contributed by atoms with E-state index in [0.717, 1.165) is 0 Å². The molecule has 0 spiro atoms. The lowest BCUT2D eigenvalue weighted by atomic mass is 9.91. The Morgan fingerprint density at radius 1 is 1.33 bits per heavy atom. The van der Waals surface area contributed by atoms with Gasteiger partial charge in [0.05, 0.1) is 12.8 Å². The molecule has 3 rings (SSSR count). The van der Waals surface area contributed by atoms with Crippen LogP contribution in [0.25, 0.3) is 0 Å². The van der Waals surface area contributed by atoms with Crippen molar-refractivity contribution in [2.75, 3.05) is 12.0 Å². The van der Waals surface area contributed by atoms with E-state index in [0.29, 0.717) is 11.3 Å². The van der Waals surface area contributed by atoms with Crippen LogP contribution in [0.15, 0.2) is 24.3 Å². The smallest absolute Gasteiger partial charge is 0.340 e. The van der Waals surface area contributed by atoms with E-state index in [9.17, 15) is 14.4 Å². The summed E-state index contributed by atoms with van der Waals surface area (Å²) in [7, 11) is 1.23. The van der Waals surface area contributed by atoms with E-state index < -0.39 is 11.5 Å². The number of hydrogen-bond acceptors (Lipinski definition) is 4. The highest BCUT2D eigenvalue weighted by molar-refractivity contribution is 6.31. The van der Waals surface area contributed by atoms with Gasteiger partial charge < -0.3 is 4.74 Å². The Bertz CT molecular complexity index is 580. The summed E-state index contributed by atoms with van der Waals surface area (Å²) < 4.78 is 4.74. The van der Waals surface area contributed by atoms with Gasteiger partial charge in [0, 0.05) is 12.0 Å². The number of benzene rings is 1. The van der Waals surface area contributed by atoms with Gasteiger partial charge >= 0.3 is 5.97 Å². The number of fused-ring (bicyclic) bond motifs is 3. The van der Waals surface area contributed by atoms with Crippen molar-refractivity contribution in [2.24, 2.45) is 0 Å². The lowest BCUT2D eigenvalue weighted by Gasteiger charge is -2.27. The van der Waals surface area contributed by atoms with E-state index >= 15 is 0 Å². The molecule has 0 aliphatic carbocycles. The number of carbonyl (C=O) groups excluding carboxylic acids is 3. The molecule has 2 aliphatic rings. The Morgan fingerprint density at radius 2 is 2.06 bits per heavy atom. The molecule has 18 heavy (non-hydrogen) atoms. The number of Topliss-reactive ketones (excluding diaryl/α,β-unsaturated/α-hetero) is 1. The molecule has 1 aromatic carbocycles. The van der Waals surface area contributed by atoms with Crippen molar-refractivity contribution >= 4 is 23.3 Å². The van der Waals surface area contributed by atoms with Crippen LogP contribution in [-0.2, 0) is 14.3 Å². The summed E-state index contributed by atoms with van der Waals surface area (Å²) in [5.41, 5.74) is -0.540. The van der Waals surface area contributed by atoms with Crippen LogP contribution in [0.4, 0.5) is 5.69 Å². The molecule has 1 unspecified atom stereocenters. The van der Waals surface area contributed by atoms with Gasteiger partial charge in [0.2, 0.25) is 17.2 Å². The number of amides is 1. The Hall–Kier alpha value is -2.17. The van der Waals surface area contributed by atoms with Gasteiger partial charge in [-0.1, -0.05) is 12.1 Å². The zero-order chi connectivity index (χ0) is 12.9. The quantitative estimate of drug-likeness (QED) is 0.545. The number of ether oxygens (including phenoxy) is 1. The molecule has 5 nitrogen and oxygen atoms in total. The summed E-state index contributed by atoms with van der Waals surface area (Å²) in [6, 6.07) is 6.77. The standard InChI is InChI=1S/C13H11NO4/c1-18-12(17)13-7-6-10(15)14(13)9-5-3-2-4-8(9)11(13)16/h2-5H,6-7H2,1H3. The fourth-order valence-corrected chi connectivity index (χ4v) is 2.82. The number of methoxy groups -OCH3 is 1. The number of nitrogens with zero attached hydrogens (tertiary/aromatic N) is 1. The first-order valence-electron chi connectivity index (χ1n) is 5.68. The van der Waals surface area contributed by atoms with Crippen molar-refractivity contribution in [2.45, 2.75) is 18.4 Å². The third-order valence-corrected chi connectivity index (χ3v) is 3.62. The van der Waals surface area contributed by atoms with Gasteiger partial charge in [-0.3, -0.25) is 14.5 Å². The molecule has 92 valence electrons. The first-order valence-corrected chi connectivity index (χ1v) is 5.68. The van der Waals surface area contributed by atoms with E-state index in [-0.39, 0.29) is 24.5 Å². The van der Waals surface area contributed by atoms with Crippen molar-refractivity contribution in [1.29, 1.82) is 0 Å². The molecule has 2 heterocycles. The van der Waals surface area contributed by atoms with E-state index in [1.54, 1.807) is 24.3 Å². The minimum absolute atomic E-state index is 0.187. The third-order valence-electron chi connectivity index (χ3n) is 3.62. The SMILES string of the molecule is COC(=O)C12CCC(=O)N1c1ccccc1C2=O. The first kappa shape index (κ1) is 11.0. The maximum Gasteiger partial charge on any atom is 0.340 e. The van der Waals surface area contributed by atoms with Crippen molar-refractivity contribution in [1.82, 2.24) is 0 Å². The third kappa shape index (κ3) is 1.04. The fourth-order valence-electron chi connectivity index (χ4n) is 2.82. The summed E-state index contributed by atoms with van der Waals surface area (Å²) in [6.07, 6.45) is 0.376. The number of para-hydroxylation sites is 1. The number of esters is 1. The van der Waals surface area contributed by atoms with Crippen LogP contribution in [0.5, 0.6) is 0 Å². The zero-order valence-electron chi connectivity index (χ0n) is 9.80. The predicted molar refractivity (Wildman–Crippen MR) is 62.2 cm³/mol. The number of rotatable bonds is 1. The number of ketones is 1. The van der Waals surface area contributed by atoms with Crippen LogP contribution in [0.2, 0.25) is 0 Å².